The molecule has 5 aromatic rings. The summed E-state index contributed by atoms with van der Waals surface area (Å²) >= 11 is 0. The molecule has 1 aliphatic heterocycles. The lowest BCUT2D eigenvalue weighted by Crippen LogP contribution is -2.29. The average Bonchev–Trinajstić information content (AvgIpc) is 3.87. The fourth-order valence-electron chi connectivity index (χ4n) is 6.17. The number of ether oxygens (including phenoxy) is 1. The number of aliphatic hydroxyl groups excluding tert-OH is 1. The Balaban J connectivity index is 1.19. The van der Waals surface area contributed by atoms with Crippen molar-refractivity contribution in [3.63, 3.8) is 0 Å². The zero-order chi connectivity index (χ0) is 38.2. The van der Waals surface area contributed by atoms with E-state index in [1.165, 1.54) is 36.7 Å². The van der Waals surface area contributed by atoms with Crippen molar-refractivity contribution in [3.8, 4) is 33.9 Å². The van der Waals surface area contributed by atoms with Crippen LogP contribution in [0.25, 0.3) is 40.0 Å². The molecule has 2 heterocycles. The number of rotatable bonds is 13. The van der Waals surface area contributed by atoms with Crippen LogP contribution in [0.1, 0.15) is 56.7 Å². The molecule has 1 aliphatic rings. The van der Waals surface area contributed by atoms with Crippen molar-refractivity contribution in [1.82, 2.24) is 15.3 Å². The maximum atomic E-state index is 13.2. The molecule has 1 saturated heterocycles. The lowest BCUT2D eigenvalue weighted by atomic mass is 9.97. The van der Waals surface area contributed by atoms with E-state index in [-0.39, 0.29) is 23.9 Å². The van der Waals surface area contributed by atoms with Gasteiger partial charge in [-0.15, -0.1) is 0 Å². The molecule has 0 saturated carbocycles. The molecule has 1 unspecified atom stereocenters. The maximum Gasteiger partial charge on any atom is 0.313 e. The molecular weight excluding hydrogens is 682 g/mol. The summed E-state index contributed by atoms with van der Waals surface area (Å²) in [5.74, 6) is -0.313. The molecule has 1 atom stereocenters. The molecule has 1 fully saturated rings. The third kappa shape index (κ3) is 9.76. The number of H-pyrrole nitrogens is 1. The minimum absolute atomic E-state index is 0.134. The first-order chi connectivity index (χ1) is 25.9. The fourth-order valence-corrected chi connectivity index (χ4v) is 6.17. The van der Waals surface area contributed by atoms with Gasteiger partial charge in [0.1, 0.15) is 11.6 Å². The van der Waals surface area contributed by atoms with E-state index in [9.17, 15) is 19.1 Å². The van der Waals surface area contributed by atoms with E-state index in [1.54, 1.807) is 51.1 Å². The van der Waals surface area contributed by atoms with Gasteiger partial charge in [0.2, 0.25) is 12.2 Å². The number of aliphatic hydroxyl groups is 1. The number of hydrogen-bond donors (Lipinski definition) is 4. The van der Waals surface area contributed by atoms with Gasteiger partial charge in [-0.3, -0.25) is 9.59 Å². The van der Waals surface area contributed by atoms with Gasteiger partial charge in [0.15, 0.2) is 0 Å². The van der Waals surface area contributed by atoms with Gasteiger partial charge in [0.05, 0.1) is 23.2 Å². The minimum Gasteiger partial charge on any atom is -0.435 e. The molecule has 1 aromatic heterocycles. The van der Waals surface area contributed by atoms with Crippen LogP contribution in [0.5, 0.6) is 0 Å². The van der Waals surface area contributed by atoms with E-state index in [2.05, 4.69) is 39.5 Å². The SMILES string of the molecule is CC(C)(C)C(=O)OC(O)CC(=N)c1ccc(-c2nc(-c3ccc(N4CCCC4)cc3)[nH]c2-c2ccc(/C=C/C(=O)NCCc3ccc(F)cc3)cc2)cc1. The van der Waals surface area contributed by atoms with E-state index >= 15 is 0 Å². The number of nitrogens with one attached hydrogen (secondary N) is 3. The zero-order valence-corrected chi connectivity index (χ0v) is 30.9. The highest BCUT2D eigenvalue weighted by Gasteiger charge is 2.26. The molecule has 10 heteroatoms. The molecule has 0 bridgehead atoms. The van der Waals surface area contributed by atoms with Crippen LogP contribution in [-0.2, 0) is 20.7 Å². The fraction of sp³-hybridized carbons (Fsp3) is 0.273. The van der Waals surface area contributed by atoms with E-state index in [0.717, 1.165) is 58.1 Å². The Hall–Kier alpha value is -5.87. The Morgan fingerprint density at radius 2 is 1.56 bits per heavy atom. The van der Waals surface area contributed by atoms with Crippen LogP contribution in [0, 0.1) is 16.6 Å². The molecule has 0 radical (unpaired) electrons. The number of hydrogen-bond acceptors (Lipinski definition) is 7. The van der Waals surface area contributed by atoms with Crippen molar-refractivity contribution in [2.24, 2.45) is 5.41 Å². The maximum absolute atomic E-state index is 13.2. The number of nitrogens with zero attached hydrogens (tertiary/aromatic N) is 2. The van der Waals surface area contributed by atoms with Crippen LogP contribution >= 0.6 is 0 Å². The Morgan fingerprint density at radius 3 is 2.20 bits per heavy atom. The highest BCUT2D eigenvalue weighted by molar-refractivity contribution is 5.99. The number of aromatic nitrogens is 2. The van der Waals surface area contributed by atoms with Crippen molar-refractivity contribution in [3.05, 3.63) is 126 Å². The molecule has 0 aliphatic carbocycles. The normalized spacial score (nSPS) is 13.6. The van der Waals surface area contributed by atoms with E-state index in [4.69, 9.17) is 15.1 Å². The Labute approximate surface area is 315 Å². The number of esters is 1. The molecule has 54 heavy (non-hydrogen) atoms. The Kier molecular flexibility index (Phi) is 11.8. The first-order valence-corrected chi connectivity index (χ1v) is 18.3. The third-order valence-corrected chi connectivity index (χ3v) is 9.31. The van der Waals surface area contributed by atoms with E-state index in [0.29, 0.717) is 18.5 Å². The summed E-state index contributed by atoms with van der Waals surface area (Å²) in [5.41, 5.74) is 7.20. The standard InChI is InChI=1S/C44H46FN5O4/c1-44(2,3)43(53)54-39(52)28-37(46)31-13-15-33(16-14-31)41-40(48-42(49-41)34-17-21-36(22-18-34)50-26-4-5-27-50)32-11-6-29(7-12-32)10-23-38(51)47-25-24-30-8-19-35(45)20-9-30/h6-23,39,46,52H,4-5,24-28H2,1-3H3,(H,47,51)(H,48,49)/b23-10+,46-37?. The third-order valence-electron chi connectivity index (χ3n) is 9.31. The number of halogens is 1. The van der Waals surface area contributed by atoms with Crippen LogP contribution in [0.2, 0.25) is 0 Å². The Bertz CT molecular complexity index is 2090. The number of amides is 1. The number of imidazole rings is 1. The quantitative estimate of drug-likeness (QED) is 0.0419. The number of aromatic amines is 1. The molecular formula is C44H46FN5O4. The largest absolute Gasteiger partial charge is 0.435 e. The van der Waals surface area contributed by atoms with Gasteiger partial charge in [-0.2, -0.15) is 0 Å². The van der Waals surface area contributed by atoms with Crippen LogP contribution < -0.4 is 10.2 Å². The number of carbonyl (C=O) groups is 2. The van der Waals surface area contributed by atoms with Crippen molar-refractivity contribution >= 4 is 29.4 Å². The topological polar surface area (TPSA) is 131 Å². The van der Waals surface area contributed by atoms with E-state index < -0.39 is 17.7 Å². The monoisotopic (exact) mass is 727 g/mol. The van der Waals surface area contributed by atoms with E-state index in [1.807, 2.05) is 36.4 Å². The first-order valence-electron chi connectivity index (χ1n) is 18.3. The zero-order valence-electron chi connectivity index (χ0n) is 30.9. The molecule has 9 nitrogen and oxygen atoms in total. The van der Waals surface area contributed by atoms with Crippen LogP contribution in [0.3, 0.4) is 0 Å². The van der Waals surface area contributed by atoms with Gasteiger partial charge in [0, 0.05) is 53.8 Å². The van der Waals surface area contributed by atoms with Crippen molar-refractivity contribution in [2.75, 3.05) is 24.5 Å². The summed E-state index contributed by atoms with van der Waals surface area (Å²) < 4.78 is 18.3. The van der Waals surface area contributed by atoms with Gasteiger partial charge >= 0.3 is 5.97 Å². The average molecular weight is 728 g/mol. The summed E-state index contributed by atoms with van der Waals surface area (Å²) in [6, 6.07) is 29.9. The van der Waals surface area contributed by atoms with Gasteiger partial charge in [-0.1, -0.05) is 60.7 Å². The number of benzene rings is 4. The number of carbonyl (C=O) groups excluding carboxylic acids is 2. The summed E-state index contributed by atoms with van der Waals surface area (Å²) in [7, 11) is 0. The predicted octanol–water partition coefficient (Wildman–Crippen LogP) is 8.19. The second-order valence-corrected chi connectivity index (χ2v) is 14.5. The summed E-state index contributed by atoms with van der Waals surface area (Å²) in [6.07, 6.45) is 4.72. The molecule has 278 valence electrons. The van der Waals surface area contributed by atoms with Crippen molar-refractivity contribution < 1.29 is 23.8 Å². The lowest BCUT2D eigenvalue weighted by Gasteiger charge is -2.20. The predicted molar refractivity (Wildman–Crippen MR) is 211 cm³/mol. The highest BCUT2D eigenvalue weighted by atomic mass is 19.1. The summed E-state index contributed by atoms with van der Waals surface area (Å²) in [4.78, 5) is 35.7. The van der Waals surface area contributed by atoms with Crippen molar-refractivity contribution in [1.29, 1.82) is 5.41 Å². The molecule has 4 aromatic carbocycles. The van der Waals surface area contributed by atoms with Gasteiger partial charge < -0.3 is 30.5 Å². The highest BCUT2D eigenvalue weighted by Crippen LogP contribution is 2.34. The minimum atomic E-state index is -1.42. The second-order valence-electron chi connectivity index (χ2n) is 14.5. The van der Waals surface area contributed by atoms with Crippen LogP contribution in [-0.4, -0.2) is 58.6 Å². The number of anilines is 1. The van der Waals surface area contributed by atoms with Gasteiger partial charge in [-0.05, 0) is 99.2 Å². The second kappa shape index (κ2) is 16.9. The van der Waals surface area contributed by atoms with Gasteiger partial charge in [0.25, 0.3) is 0 Å². The van der Waals surface area contributed by atoms with Crippen LogP contribution in [0.4, 0.5) is 10.1 Å². The summed E-state index contributed by atoms with van der Waals surface area (Å²) in [6.45, 7) is 7.69. The Morgan fingerprint density at radius 1 is 0.926 bits per heavy atom. The summed E-state index contributed by atoms with van der Waals surface area (Å²) in [5, 5.41) is 21.7. The lowest BCUT2D eigenvalue weighted by molar-refractivity contribution is -0.176. The first kappa shape index (κ1) is 37.9. The molecule has 0 spiro atoms. The molecule has 1 amide bonds. The molecule has 6 rings (SSSR count). The smallest absolute Gasteiger partial charge is 0.313 e. The van der Waals surface area contributed by atoms with Gasteiger partial charge in [-0.25, -0.2) is 9.37 Å². The molecule has 4 N–H and O–H groups in total. The van der Waals surface area contributed by atoms with Crippen molar-refractivity contribution in [2.45, 2.75) is 52.7 Å². The van der Waals surface area contributed by atoms with Crippen LogP contribution in [0.15, 0.2) is 103 Å².